The standard InChI is InChI=1S/C9H13ClN4O3S/c1-5(6(3-15)18-2)13-9-7(14(16)17)8(10)11-4-12-9/h4-6,15H,3H2,1-2H3,(H,11,12,13). The van der Waals surface area contributed by atoms with Crippen LogP contribution in [0.25, 0.3) is 0 Å². The van der Waals surface area contributed by atoms with Gasteiger partial charge in [-0.3, -0.25) is 10.1 Å². The lowest BCUT2D eigenvalue weighted by Crippen LogP contribution is -2.31. The van der Waals surface area contributed by atoms with Crippen LogP contribution in [0, 0.1) is 10.1 Å². The summed E-state index contributed by atoms with van der Waals surface area (Å²) >= 11 is 7.12. The van der Waals surface area contributed by atoms with E-state index in [4.69, 9.17) is 16.7 Å². The molecule has 18 heavy (non-hydrogen) atoms. The molecule has 1 heterocycles. The second kappa shape index (κ2) is 6.72. The minimum Gasteiger partial charge on any atom is -0.395 e. The molecule has 0 spiro atoms. The van der Waals surface area contributed by atoms with Gasteiger partial charge in [0.05, 0.1) is 11.5 Å². The van der Waals surface area contributed by atoms with Crippen LogP contribution in [0.15, 0.2) is 6.33 Å². The normalized spacial score (nSPS) is 14.0. The Kier molecular flexibility index (Phi) is 5.57. The largest absolute Gasteiger partial charge is 0.395 e. The summed E-state index contributed by atoms with van der Waals surface area (Å²) < 4.78 is 0. The first-order valence-corrected chi connectivity index (χ1v) is 6.72. The zero-order chi connectivity index (χ0) is 13.7. The Morgan fingerprint density at radius 3 is 2.83 bits per heavy atom. The molecular formula is C9H13ClN4O3S. The van der Waals surface area contributed by atoms with Gasteiger partial charge in [0.25, 0.3) is 0 Å². The Morgan fingerprint density at radius 2 is 2.33 bits per heavy atom. The fraction of sp³-hybridized carbons (Fsp3) is 0.556. The number of nitrogens with zero attached hydrogens (tertiary/aromatic N) is 3. The highest BCUT2D eigenvalue weighted by atomic mass is 35.5. The van der Waals surface area contributed by atoms with Gasteiger partial charge >= 0.3 is 5.69 Å². The summed E-state index contributed by atoms with van der Waals surface area (Å²) in [5, 5.41) is 22.6. The van der Waals surface area contributed by atoms with Gasteiger partial charge in [0, 0.05) is 11.3 Å². The summed E-state index contributed by atoms with van der Waals surface area (Å²) in [6.45, 7) is 1.76. The summed E-state index contributed by atoms with van der Waals surface area (Å²) in [6.07, 6.45) is 3.00. The van der Waals surface area contributed by atoms with Crippen LogP contribution in [0.2, 0.25) is 5.15 Å². The summed E-state index contributed by atoms with van der Waals surface area (Å²) in [4.78, 5) is 17.6. The van der Waals surface area contributed by atoms with Crippen molar-refractivity contribution in [3.63, 3.8) is 0 Å². The van der Waals surface area contributed by atoms with Gasteiger partial charge in [0.2, 0.25) is 11.0 Å². The molecule has 0 aliphatic rings. The highest BCUT2D eigenvalue weighted by Crippen LogP contribution is 2.29. The predicted octanol–water partition coefficient (Wildman–Crippen LogP) is 1.56. The van der Waals surface area contributed by atoms with Crippen molar-refractivity contribution < 1.29 is 10.0 Å². The average Bonchev–Trinajstić information content (AvgIpc) is 2.30. The quantitative estimate of drug-likeness (QED) is 0.466. The second-order valence-corrected chi connectivity index (χ2v) is 4.94. The number of hydrogen-bond acceptors (Lipinski definition) is 7. The van der Waals surface area contributed by atoms with Crippen LogP contribution in [0.1, 0.15) is 6.92 Å². The molecule has 0 amide bonds. The lowest BCUT2D eigenvalue weighted by Gasteiger charge is -2.21. The first kappa shape index (κ1) is 14.9. The predicted molar refractivity (Wildman–Crippen MR) is 71.2 cm³/mol. The fourth-order valence-electron chi connectivity index (χ4n) is 1.37. The summed E-state index contributed by atoms with van der Waals surface area (Å²) in [5.41, 5.74) is -0.358. The van der Waals surface area contributed by atoms with Gasteiger partial charge in [-0.1, -0.05) is 11.6 Å². The van der Waals surface area contributed by atoms with Crippen LogP contribution in [0.4, 0.5) is 11.5 Å². The summed E-state index contributed by atoms with van der Waals surface area (Å²) in [5.74, 6) is 0.0556. The molecule has 1 aromatic heterocycles. The molecule has 7 nitrogen and oxygen atoms in total. The van der Waals surface area contributed by atoms with Crippen LogP contribution >= 0.6 is 23.4 Å². The maximum atomic E-state index is 10.9. The Labute approximate surface area is 113 Å². The van der Waals surface area contributed by atoms with Crippen LogP contribution in [-0.2, 0) is 0 Å². The second-order valence-electron chi connectivity index (χ2n) is 3.51. The number of nitrogens with one attached hydrogen (secondary N) is 1. The molecule has 0 aliphatic heterocycles. The van der Waals surface area contributed by atoms with E-state index in [1.807, 2.05) is 6.26 Å². The number of nitro groups is 1. The SMILES string of the molecule is CSC(CO)C(C)Nc1ncnc(Cl)c1[N+](=O)[O-]. The highest BCUT2D eigenvalue weighted by molar-refractivity contribution is 7.99. The zero-order valence-corrected chi connectivity index (χ0v) is 11.4. The van der Waals surface area contributed by atoms with Gasteiger partial charge in [-0.15, -0.1) is 0 Å². The minimum absolute atomic E-state index is 0.0397. The van der Waals surface area contributed by atoms with Gasteiger partial charge in [-0.2, -0.15) is 11.8 Å². The fourth-order valence-corrected chi connectivity index (χ4v) is 2.20. The molecule has 0 aromatic carbocycles. The first-order chi connectivity index (χ1) is 8.51. The molecule has 0 radical (unpaired) electrons. The molecule has 0 saturated carbocycles. The third-order valence-corrected chi connectivity index (χ3v) is 3.80. The van der Waals surface area contributed by atoms with E-state index in [0.29, 0.717) is 0 Å². The van der Waals surface area contributed by atoms with Crippen molar-refractivity contribution >= 4 is 34.9 Å². The number of rotatable bonds is 6. The van der Waals surface area contributed by atoms with E-state index in [2.05, 4.69) is 15.3 Å². The maximum absolute atomic E-state index is 10.9. The Hall–Kier alpha value is -1.12. The van der Waals surface area contributed by atoms with Crippen LogP contribution in [0.3, 0.4) is 0 Å². The molecule has 0 bridgehead atoms. The van der Waals surface area contributed by atoms with Crippen molar-refractivity contribution in [1.82, 2.24) is 9.97 Å². The number of hydrogen-bond donors (Lipinski definition) is 2. The van der Waals surface area contributed by atoms with E-state index in [1.54, 1.807) is 6.92 Å². The van der Waals surface area contributed by atoms with Crippen molar-refractivity contribution in [3.05, 3.63) is 21.6 Å². The van der Waals surface area contributed by atoms with Crippen molar-refractivity contribution in [3.8, 4) is 0 Å². The Balaban J connectivity index is 2.97. The lowest BCUT2D eigenvalue weighted by molar-refractivity contribution is -0.384. The molecule has 2 unspecified atom stereocenters. The van der Waals surface area contributed by atoms with E-state index >= 15 is 0 Å². The van der Waals surface area contributed by atoms with Crippen molar-refractivity contribution in [2.24, 2.45) is 0 Å². The van der Waals surface area contributed by atoms with Crippen molar-refractivity contribution in [1.29, 1.82) is 0 Å². The molecule has 0 saturated heterocycles. The minimum atomic E-state index is -0.634. The third-order valence-electron chi connectivity index (χ3n) is 2.36. The molecule has 9 heteroatoms. The Morgan fingerprint density at radius 1 is 1.67 bits per heavy atom. The molecule has 1 aromatic rings. The third kappa shape index (κ3) is 3.44. The molecule has 0 fully saturated rings. The van der Waals surface area contributed by atoms with Crippen LogP contribution in [-0.4, -0.2) is 44.2 Å². The van der Waals surface area contributed by atoms with Gasteiger partial charge in [0.15, 0.2) is 0 Å². The van der Waals surface area contributed by atoms with E-state index < -0.39 is 4.92 Å². The van der Waals surface area contributed by atoms with Gasteiger partial charge in [-0.25, -0.2) is 9.97 Å². The number of aromatic nitrogens is 2. The van der Waals surface area contributed by atoms with Gasteiger partial charge in [0.1, 0.15) is 6.33 Å². The summed E-state index contributed by atoms with van der Waals surface area (Å²) in [6, 6.07) is -0.199. The molecule has 2 N–H and O–H groups in total. The molecular weight excluding hydrogens is 280 g/mol. The number of thioether (sulfide) groups is 1. The van der Waals surface area contributed by atoms with E-state index in [-0.39, 0.29) is 34.6 Å². The van der Waals surface area contributed by atoms with E-state index in [9.17, 15) is 10.1 Å². The average molecular weight is 293 g/mol. The molecule has 1 rings (SSSR count). The number of aliphatic hydroxyl groups excluding tert-OH is 1. The monoisotopic (exact) mass is 292 g/mol. The van der Waals surface area contributed by atoms with Crippen LogP contribution < -0.4 is 5.32 Å². The first-order valence-electron chi connectivity index (χ1n) is 5.06. The van der Waals surface area contributed by atoms with Crippen molar-refractivity contribution in [2.75, 3.05) is 18.2 Å². The van der Waals surface area contributed by atoms with Gasteiger partial charge < -0.3 is 10.4 Å². The topological polar surface area (TPSA) is 101 Å². The number of halogens is 1. The Bertz CT molecular complexity index is 430. The molecule has 2 atom stereocenters. The van der Waals surface area contributed by atoms with Crippen LogP contribution in [0.5, 0.6) is 0 Å². The smallest absolute Gasteiger partial charge is 0.348 e. The van der Waals surface area contributed by atoms with E-state index in [0.717, 1.165) is 6.33 Å². The van der Waals surface area contributed by atoms with Crippen molar-refractivity contribution in [2.45, 2.75) is 18.2 Å². The van der Waals surface area contributed by atoms with Gasteiger partial charge in [-0.05, 0) is 13.2 Å². The lowest BCUT2D eigenvalue weighted by atomic mass is 10.2. The molecule has 0 aliphatic carbocycles. The number of anilines is 1. The zero-order valence-electron chi connectivity index (χ0n) is 9.83. The number of aliphatic hydroxyl groups is 1. The highest BCUT2D eigenvalue weighted by Gasteiger charge is 2.24. The summed E-state index contributed by atoms with van der Waals surface area (Å²) in [7, 11) is 0. The maximum Gasteiger partial charge on any atom is 0.348 e. The van der Waals surface area contributed by atoms with E-state index in [1.165, 1.54) is 11.8 Å². The molecule has 100 valence electrons.